The predicted octanol–water partition coefficient (Wildman–Crippen LogP) is 1.63. The van der Waals surface area contributed by atoms with Gasteiger partial charge >= 0.3 is 5.76 Å². The van der Waals surface area contributed by atoms with Gasteiger partial charge in [0.05, 0.1) is 5.52 Å². The molecule has 0 atom stereocenters. The number of aromatic amines is 1. The Hall–Kier alpha value is -2.21. The molecule has 0 aliphatic heterocycles. The first kappa shape index (κ1) is 9.98. The fourth-order valence-corrected chi connectivity index (χ4v) is 1.73. The van der Waals surface area contributed by atoms with Gasteiger partial charge in [-0.3, -0.25) is 4.98 Å². The van der Waals surface area contributed by atoms with Gasteiger partial charge in [-0.15, -0.1) is 10.2 Å². The summed E-state index contributed by atoms with van der Waals surface area (Å²) in [4.78, 5) is 17.4. The molecular formula is C10H5ClN4O2. The SMILES string of the molecule is O=c1[nH]c2cc(-c3nncnc3Cl)ccc2o1. The summed E-state index contributed by atoms with van der Waals surface area (Å²) in [6.45, 7) is 0. The van der Waals surface area contributed by atoms with Crippen LogP contribution in [-0.2, 0) is 0 Å². The number of H-pyrrole nitrogens is 1. The highest BCUT2D eigenvalue weighted by atomic mass is 35.5. The minimum atomic E-state index is -0.500. The van der Waals surface area contributed by atoms with Crippen molar-refractivity contribution in [2.24, 2.45) is 0 Å². The van der Waals surface area contributed by atoms with Crippen molar-refractivity contribution in [3.63, 3.8) is 0 Å². The van der Waals surface area contributed by atoms with Crippen LogP contribution in [0.3, 0.4) is 0 Å². The van der Waals surface area contributed by atoms with Crippen molar-refractivity contribution in [3.05, 3.63) is 40.2 Å². The third kappa shape index (κ3) is 1.68. The van der Waals surface area contributed by atoms with Crippen LogP contribution in [0, 0.1) is 0 Å². The van der Waals surface area contributed by atoms with E-state index >= 15 is 0 Å². The molecule has 1 N–H and O–H groups in total. The van der Waals surface area contributed by atoms with Crippen molar-refractivity contribution in [1.82, 2.24) is 20.2 Å². The van der Waals surface area contributed by atoms with Gasteiger partial charge in [0.15, 0.2) is 10.7 Å². The van der Waals surface area contributed by atoms with E-state index in [1.807, 2.05) is 0 Å². The Balaban J connectivity index is 2.24. The zero-order chi connectivity index (χ0) is 11.8. The molecule has 0 fully saturated rings. The summed E-state index contributed by atoms with van der Waals surface area (Å²) in [6.07, 6.45) is 1.27. The Kier molecular flexibility index (Phi) is 2.15. The second-order valence-electron chi connectivity index (χ2n) is 3.32. The van der Waals surface area contributed by atoms with Crippen molar-refractivity contribution in [2.75, 3.05) is 0 Å². The van der Waals surface area contributed by atoms with Gasteiger partial charge in [-0.2, -0.15) is 0 Å². The van der Waals surface area contributed by atoms with Gasteiger partial charge in [0.25, 0.3) is 0 Å². The minimum absolute atomic E-state index is 0.255. The molecule has 1 aromatic carbocycles. The molecule has 0 bridgehead atoms. The molecule has 7 heteroatoms. The van der Waals surface area contributed by atoms with Crippen molar-refractivity contribution in [2.45, 2.75) is 0 Å². The van der Waals surface area contributed by atoms with E-state index in [9.17, 15) is 4.79 Å². The first-order valence-corrected chi connectivity index (χ1v) is 5.08. The molecule has 2 aromatic heterocycles. The Morgan fingerprint density at radius 1 is 1.35 bits per heavy atom. The second-order valence-corrected chi connectivity index (χ2v) is 3.68. The molecule has 6 nitrogen and oxygen atoms in total. The van der Waals surface area contributed by atoms with Gasteiger partial charge in [-0.25, -0.2) is 9.78 Å². The summed E-state index contributed by atoms with van der Waals surface area (Å²) >= 11 is 5.91. The largest absolute Gasteiger partial charge is 0.417 e. The first-order valence-electron chi connectivity index (χ1n) is 4.70. The molecule has 3 aromatic rings. The molecule has 0 unspecified atom stereocenters. The number of halogens is 1. The number of hydrogen-bond donors (Lipinski definition) is 1. The zero-order valence-electron chi connectivity index (χ0n) is 8.35. The maximum atomic E-state index is 11.0. The summed E-state index contributed by atoms with van der Waals surface area (Å²) in [5, 5.41) is 7.82. The van der Waals surface area contributed by atoms with Crippen molar-refractivity contribution >= 4 is 22.7 Å². The second kappa shape index (κ2) is 3.67. The average molecular weight is 249 g/mol. The fourth-order valence-electron chi connectivity index (χ4n) is 1.54. The highest BCUT2D eigenvalue weighted by Crippen LogP contribution is 2.25. The van der Waals surface area contributed by atoms with Gasteiger partial charge in [0, 0.05) is 5.56 Å². The Morgan fingerprint density at radius 3 is 3.06 bits per heavy atom. The van der Waals surface area contributed by atoms with E-state index < -0.39 is 5.76 Å². The van der Waals surface area contributed by atoms with Gasteiger partial charge < -0.3 is 4.42 Å². The highest BCUT2D eigenvalue weighted by Gasteiger charge is 2.09. The van der Waals surface area contributed by atoms with Crippen LogP contribution in [0.1, 0.15) is 0 Å². The number of benzene rings is 1. The van der Waals surface area contributed by atoms with Crippen molar-refractivity contribution in [1.29, 1.82) is 0 Å². The van der Waals surface area contributed by atoms with Crippen LogP contribution in [0.25, 0.3) is 22.4 Å². The lowest BCUT2D eigenvalue weighted by Gasteiger charge is -2.00. The highest BCUT2D eigenvalue weighted by molar-refractivity contribution is 6.31. The van der Waals surface area contributed by atoms with Crippen LogP contribution in [0.4, 0.5) is 0 Å². The number of fused-ring (bicyclic) bond motifs is 1. The van der Waals surface area contributed by atoms with E-state index in [0.29, 0.717) is 22.4 Å². The third-order valence-electron chi connectivity index (χ3n) is 2.27. The van der Waals surface area contributed by atoms with Gasteiger partial charge in [0.1, 0.15) is 12.0 Å². The van der Waals surface area contributed by atoms with Crippen LogP contribution in [-0.4, -0.2) is 20.2 Å². The molecule has 0 spiro atoms. The summed E-state index contributed by atoms with van der Waals surface area (Å²) < 4.78 is 4.89. The van der Waals surface area contributed by atoms with Crippen LogP contribution in [0.2, 0.25) is 5.15 Å². The van der Waals surface area contributed by atoms with Crippen LogP contribution in [0.5, 0.6) is 0 Å². The monoisotopic (exact) mass is 248 g/mol. The summed E-state index contributed by atoms with van der Waals surface area (Å²) in [5.74, 6) is -0.500. The molecular weight excluding hydrogens is 244 g/mol. The molecule has 2 heterocycles. The summed E-state index contributed by atoms with van der Waals surface area (Å²) in [5.41, 5.74) is 2.22. The van der Waals surface area contributed by atoms with Crippen LogP contribution < -0.4 is 5.76 Å². The molecule has 84 valence electrons. The van der Waals surface area contributed by atoms with Gasteiger partial charge in [-0.05, 0) is 18.2 Å². The van der Waals surface area contributed by atoms with Gasteiger partial charge in [-0.1, -0.05) is 11.6 Å². The topological polar surface area (TPSA) is 84.7 Å². The first-order chi connectivity index (χ1) is 8.24. The molecule has 0 amide bonds. The molecule has 0 aliphatic rings. The maximum absolute atomic E-state index is 11.0. The molecule has 0 radical (unpaired) electrons. The van der Waals surface area contributed by atoms with E-state index in [4.69, 9.17) is 16.0 Å². The molecule has 0 saturated carbocycles. The standard InChI is InChI=1S/C10H5ClN4O2/c11-9-8(15-13-4-12-9)5-1-2-7-6(3-5)14-10(16)17-7/h1-4H,(H,14,16). The summed E-state index contributed by atoms with van der Waals surface area (Å²) in [7, 11) is 0. The van der Waals surface area contributed by atoms with Crippen molar-refractivity contribution in [3.8, 4) is 11.3 Å². The lowest BCUT2D eigenvalue weighted by molar-refractivity contribution is 0.555. The van der Waals surface area contributed by atoms with Gasteiger partial charge in [0.2, 0.25) is 0 Å². The minimum Gasteiger partial charge on any atom is -0.408 e. The Morgan fingerprint density at radius 2 is 2.24 bits per heavy atom. The lowest BCUT2D eigenvalue weighted by Crippen LogP contribution is -1.93. The van der Waals surface area contributed by atoms with E-state index in [0.717, 1.165) is 0 Å². The molecule has 3 rings (SSSR count). The van der Waals surface area contributed by atoms with E-state index in [2.05, 4.69) is 20.2 Å². The number of nitrogens with one attached hydrogen (secondary N) is 1. The Bertz CT molecular complexity index is 749. The zero-order valence-corrected chi connectivity index (χ0v) is 9.10. The average Bonchev–Trinajstić information content (AvgIpc) is 2.68. The van der Waals surface area contributed by atoms with E-state index in [1.54, 1.807) is 18.2 Å². The van der Waals surface area contributed by atoms with Crippen LogP contribution in [0.15, 0.2) is 33.7 Å². The van der Waals surface area contributed by atoms with Crippen molar-refractivity contribution < 1.29 is 4.42 Å². The van der Waals surface area contributed by atoms with E-state index in [1.165, 1.54) is 6.33 Å². The number of hydrogen-bond acceptors (Lipinski definition) is 5. The van der Waals surface area contributed by atoms with Crippen LogP contribution >= 0.6 is 11.6 Å². The smallest absolute Gasteiger partial charge is 0.408 e. The van der Waals surface area contributed by atoms with E-state index in [-0.39, 0.29) is 5.15 Å². The number of oxazole rings is 1. The fraction of sp³-hybridized carbons (Fsp3) is 0. The lowest BCUT2D eigenvalue weighted by atomic mass is 10.1. The normalized spacial score (nSPS) is 10.9. The Labute approximate surface area is 99.3 Å². The third-order valence-corrected chi connectivity index (χ3v) is 2.54. The number of rotatable bonds is 1. The number of aromatic nitrogens is 4. The maximum Gasteiger partial charge on any atom is 0.417 e. The predicted molar refractivity (Wildman–Crippen MR) is 60.7 cm³/mol. The number of nitrogens with zero attached hydrogens (tertiary/aromatic N) is 3. The molecule has 0 aliphatic carbocycles. The molecule has 0 saturated heterocycles. The summed E-state index contributed by atoms with van der Waals surface area (Å²) in [6, 6.07) is 5.10. The quantitative estimate of drug-likeness (QED) is 0.707. The molecule has 17 heavy (non-hydrogen) atoms.